The lowest BCUT2D eigenvalue weighted by Gasteiger charge is -2.33. The number of aliphatic carboxylic acids is 1. The monoisotopic (exact) mass is 359 g/mol. The van der Waals surface area contributed by atoms with Gasteiger partial charge in [0, 0.05) is 16.4 Å². The Labute approximate surface area is 131 Å². The van der Waals surface area contributed by atoms with Gasteiger partial charge < -0.3 is 10.0 Å². The summed E-state index contributed by atoms with van der Waals surface area (Å²) in [5, 5.41) is 8.81. The molecule has 1 rings (SSSR count). The molecule has 0 aliphatic rings. The summed E-state index contributed by atoms with van der Waals surface area (Å²) in [5.41, 5.74) is -1.22. The van der Waals surface area contributed by atoms with Gasteiger partial charge >= 0.3 is 5.97 Å². The summed E-state index contributed by atoms with van der Waals surface area (Å²) >= 11 is 4.77. The van der Waals surface area contributed by atoms with Crippen molar-refractivity contribution in [2.75, 3.05) is 7.05 Å². The molecule has 1 unspecified atom stereocenters. The van der Waals surface area contributed by atoms with Crippen LogP contribution in [0.25, 0.3) is 0 Å². The zero-order chi connectivity index (χ0) is 15.5. The topological polar surface area (TPSA) is 57.6 Å². The number of rotatable bonds is 5. The number of likely N-dealkylation sites (N-methyl/N-ethyl adjacent to an activating group) is 1. The van der Waals surface area contributed by atoms with E-state index in [0.29, 0.717) is 0 Å². The number of halogens is 1. The molecule has 0 spiro atoms. The van der Waals surface area contributed by atoms with Gasteiger partial charge in [0.1, 0.15) is 5.54 Å². The van der Waals surface area contributed by atoms with Gasteiger partial charge in [0.05, 0.1) is 5.25 Å². The summed E-state index contributed by atoms with van der Waals surface area (Å²) in [5.74, 6) is -1.22. The van der Waals surface area contributed by atoms with Crippen LogP contribution in [0.3, 0.4) is 0 Å². The average Bonchev–Trinajstić information content (AvgIpc) is 2.39. The number of carbonyl (C=O) groups is 2. The highest BCUT2D eigenvalue weighted by Gasteiger charge is 2.36. The van der Waals surface area contributed by atoms with Gasteiger partial charge in [-0.05, 0) is 45.0 Å². The third kappa shape index (κ3) is 3.99. The molecule has 4 nitrogen and oxygen atoms in total. The fraction of sp³-hybridized carbons (Fsp3) is 0.429. The minimum atomic E-state index is -1.22. The van der Waals surface area contributed by atoms with E-state index >= 15 is 0 Å². The Kier molecular flexibility index (Phi) is 5.65. The summed E-state index contributed by atoms with van der Waals surface area (Å²) in [4.78, 5) is 25.7. The fourth-order valence-electron chi connectivity index (χ4n) is 1.46. The number of amides is 1. The SMILES string of the molecule is CC(Sc1ccc(Br)cc1)C(=O)N(C)C(C)(C)C(=O)O. The average molecular weight is 360 g/mol. The van der Waals surface area contributed by atoms with E-state index in [-0.39, 0.29) is 11.2 Å². The number of carboxylic acids is 1. The summed E-state index contributed by atoms with van der Waals surface area (Å²) in [7, 11) is 1.52. The van der Waals surface area contributed by atoms with Crippen LogP contribution in [0.2, 0.25) is 0 Å². The summed E-state index contributed by atoms with van der Waals surface area (Å²) in [6, 6.07) is 7.65. The first-order valence-electron chi connectivity index (χ1n) is 6.09. The molecule has 0 saturated carbocycles. The minimum Gasteiger partial charge on any atom is -0.480 e. The fourth-order valence-corrected chi connectivity index (χ4v) is 2.68. The molecule has 6 heteroatoms. The van der Waals surface area contributed by atoms with E-state index < -0.39 is 11.5 Å². The number of thioether (sulfide) groups is 1. The van der Waals surface area contributed by atoms with Crippen LogP contribution in [0, 0.1) is 0 Å². The van der Waals surface area contributed by atoms with Crippen LogP contribution in [-0.2, 0) is 9.59 Å². The van der Waals surface area contributed by atoms with Gasteiger partial charge in [-0.2, -0.15) is 0 Å². The number of carbonyl (C=O) groups excluding carboxylic acids is 1. The highest BCUT2D eigenvalue weighted by Crippen LogP contribution is 2.27. The Morgan fingerprint density at radius 3 is 2.25 bits per heavy atom. The van der Waals surface area contributed by atoms with Gasteiger partial charge in [-0.3, -0.25) is 4.79 Å². The molecule has 1 aromatic carbocycles. The minimum absolute atomic E-state index is 0.203. The lowest BCUT2D eigenvalue weighted by Crippen LogP contribution is -2.52. The Morgan fingerprint density at radius 2 is 1.80 bits per heavy atom. The van der Waals surface area contributed by atoms with Crippen LogP contribution in [0.5, 0.6) is 0 Å². The lowest BCUT2D eigenvalue weighted by molar-refractivity contribution is -0.155. The molecule has 0 aliphatic heterocycles. The Bertz CT molecular complexity index is 502. The number of hydrogen-bond acceptors (Lipinski definition) is 3. The van der Waals surface area contributed by atoms with Crippen LogP contribution in [-0.4, -0.2) is 39.7 Å². The van der Waals surface area contributed by atoms with Crippen LogP contribution in [0.1, 0.15) is 20.8 Å². The van der Waals surface area contributed by atoms with Gasteiger partial charge in [-0.25, -0.2) is 4.79 Å². The number of carboxylic acid groups (broad SMARTS) is 1. The second kappa shape index (κ2) is 6.63. The van der Waals surface area contributed by atoms with Gasteiger partial charge in [-0.15, -0.1) is 11.8 Å². The van der Waals surface area contributed by atoms with Crippen molar-refractivity contribution in [3.63, 3.8) is 0 Å². The summed E-state index contributed by atoms with van der Waals surface area (Å²) < 4.78 is 0.977. The maximum Gasteiger partial charge on any atom is 0.329 e. The highest BCUT2D eigenvalue weighted by atomic mass is 79.9. The number of nitrogens with zero attached hydrogens (tertiary/aromatic N) is 1. The van der Waals surface area contributed by atoms with E-state index in [1.165, 1.54) is 37.6 Å². The second-order valence-electron chi connectivity index (χ2n) is 4.98. The maximum absolute atomic E-state index is 12.3. The normalized spacial score (nSPS) is 12.8. The molecular formula is C14H18BrNO3S. The van der Waals surface area contributed by atoms with Crippen molar-refractivity contribution in [1.82, 2.24) is 4.90 Å². The van der Waals surface area contributed by atoms with Gasteiger partial charge in [0.2, 0.25) is 5.91 Å². The molecule has 0 bridgehead atoms. The summed E-state index contributed by atoms with van der Waals surface area (Å²) in [6.07, 6.45) is 0. The zero-order valence-electron chi connectivity index (χ0n) is 11.9. The molecule has 0 radical (unpaired) electrons. The van der Waals surface area contributed by atoms with Crippen LogP contribution in [0.15, 0.2) is 33.6 Å². The molecule has 1 N–H and O–H groups in total. The van der Waals surface area contributed by atoms with Gasteiger partial charge in [-0.1, -0.05) is 15.9 Å². The standard InChI is InChI=1S/C14H18BrNO3S/c1-9(20-11-7-5-10(15)6-8-11)12(17)16(4)14(2,3)13(18)19/h5-9H,1-4H3,(H,18,19). The molecule has 0 aliphatic carbocycles. The van der Waals surface area contributed by atoms with Gasteiger partial charge in [0.25, 0.3) is 0 Å². The first-order valence-corrected chi connectivity index (χ1v) is 7.77. The van der Waals surface area contributed by atoms with E-state index in [2.05, 4.69) is 15.9 Å². The molecular weight excluding hydrogens is 342 g/mol. The van der Waals surface area contributed by atoms with Crippen LogP contribution in [0.4, 0.5) is 0 Å². The molecule has 1 aromatic rings. The first-order chi connectivity index (χ1) is 9.16. The molecule has 0 fully saturated rings. The first kappa shape index (κ1) is 17.0. The van der Waals surface area contributed by atoms with E-state index in [9.17, 15) is 9.59 Å². The molecule has 20 heavy (non-hydrogen) atoms. The van der Waals surface area contributed by atoms with Crippen molar-refractivity contribution < 1.29 is 14.7 Å². The number of hydrogen-bond donors (Lipinski definition) is 1. The van der Waals surface area contributed by atoms with Gasteiger partial charge in [0.15, 0.2) is 0 Å². The number of benzene rings is 1. The Hall–Kier alpha value is -1.01. The van der Waals surface area contributed by atoms with Crippen molar-refractivity contribution in [2.24, 2.45) is 0 Å². The largest absolute Gasteiger partial charge is 0.480 e. The molecule has 110 valence electrons. The third-order valence-electron chi connectivity index (χ3n) is 3.17. The van der Waals surface area contributed by atoms with Crippen molar-refractivity contribution >= 4 is 39.6 Å². The molecule has 0 heterocycles. The predicted molar refractivity (Wildman–Crippen MR) is 83.9 cm³/mol. The zero-order valence-corrected chi connectivity index (χ0v) is 14.3. The van der Waals surface area contributed by atoms with E-state index in [1.807, 2.05) is 24.3 Å². The third-order valence-corrected chi connectivity index (χ3v) is 4.79. The van der Waals surface area contributed by atoms with E-state index in [0.717, 1.165) is 9.37 Å². The molecule has 1 amide bonds. The second-order valence-corrected chi connectivity index (χ2v) is 7.31. The van der Waals surface area contributed by atoms with Crippen molar-refractivity contribution in [3.05, 3.63) is 28.7 Å². The lowest BCUT2D eigenvalue weighted by atomic mass is 10.0. The molecule has 1 atom stereocenters. The Balaban J connectivity index is 2.77. The predicted octanol–water partition coefficient (Wildman–Crippen LogP) is 3.25. The van der Waals surface area contributed by atoms with E-state index in [4.69, 9.17) is 5.11 Å². The van der Waals surface area contributed by atoms with E-state index in [1.54, 1.807) is 6.92 Å². The maximum atomic E-state index is 12.3. The van der Waals surface area contributed by atoms with Crippen LogP contribution >= 0.6 is 27.7 Å². The quantitative estimate of drug-likeness (QED) is 0.819. The Morgan fingerprint density at radius 1 is 1.30 bits per heavy atom. The van der Waals surface area contributed by atoms with Crippen LogP contribution < -0.4 is 0 Å². The highest BCUT2D eigenvalue weighted by molar-refractivity contribution is 9.10. The molecule has 0 aromatic heterocycles. The molecule has 0 saturated heterocycles. The summed E-state index contributed by atoms with van der Waals surface area (Å²) in [6.45, 7) is 4.82. The smallest absolute Gasteiger partial charge is 0.329 e. The van der Waals surface area contributed by atoms with Crippen molar-refractivity contribution in [3.8, 4) is 0 Å². The van der Waals surface area contributed by atoms with Crippen molar-refractivity contribution in [2.45, 2.75) is 36.5 Å². The van der Waals surface area contributed by atoms with Crippen molar-refractivity contribution in [1.29, 1.82) is 0 Å².